The lowest BCUT2D eigenvalue weighted by atomic mass is 9.67. The van der Waals surface area contributed by atoms with Gasteiger partial charge in [-0.3, -0.25) is 0 Å². The lowest BCUT2D eigenvalue weighted by Crippen LogP contribution is -2.34. The molecule has 0 saturated heterocycles. The van der Waals surface area contributed by atoms with Crippen molar-refractivity contribution in [2.24, 2.45) is 9.98 Å². The molecule has 7 aromatic carbocycles. The first-order valence-corrected chi connectivity index (χ1v) is 21.9. The second kappa shape index (κ2) is 14.9. The summed E-state index contributed by atoms with van der Waals surface area (Å²) in [5, 5.41) is 5.97. The van der Waals surface area contributed by atoms with Gasteiger partial charge in [-0.2, -0.15) is 0 Å². The first-order chi connectivity index (χ1) is 29.6. The maximum absolute atomic E-state index is 6.48. The van der Waals surface area contributed by atoms with Crippen LogP contribution in [0.25, 0.3) is 55.3 Å². The molecule has 2 unspecified atom stereocenters. The summed E-state index contributed by atoms with van der Waals surface area (Å²) >= 11 is 0. The number of amidine groups is 2. The quantitative estimate of drug-likeness (QED) is 0.167. The molecular formula is C56H49N3O. The molecule has 1 aromatic heterocycles. The van der Waals surface area contributed by atoms with Gasteiger partial charge in [0.1, 0.15) is 23.2 Å². The van der Waals surface area contributed by atoms with E-state index in [0.717, 1.165) is 57.6 Å². The molecule has 2 atom stereocenters. The molecule has 0 radical (unpaired) electrons. The van der Waals surface area contributed by atoms with Crippen molar-refractivity contribution < 1.29 is 4.42 Å². The molecule has 1 spiro atoms. The van der Waals surface area contributed by atoms with Crippen molar-refractivity contribution in [3.63, 3.8) is 0 Å². The van der Waals surface area contributed by atoms with Crippen LogP contribution in [0.5, 0.6) is 0 Å². The Balaban J connectivity index is 0.956. The number of rotatable bonds is 8. The van der Waals surface area contributed by atoms with Gasteiger partial charge < -0.3 is 9.73 Å². The van der Waals surface area contributed by atoms with Crippen molar-refractivity contribution in [3.8, 4) is 33.4 Å². The molecule has 8 aromatic rings. The number of aryl methyl sites for hydroxylation is 1. The summed E-state index contributed by atoms with van der Waals surface area (Å²) in [4.78, 5) is 10.5. The molecule has 11 rings (SSSR count). The van der Waals surface area contributed by atoms with E-state index in [1.165, 1.54) is 76.6 Å². The van der Waals surface area contributed by atoms with Gasteiger partial charge in [0.2, 0.25) is 0 Å². The van der Waals surface area contributed by atoms with Crippen molar-refractivity contribution in [1.29, 1.82) is 0 Å². The Hall–Kier alpha value is -6.52. The number of hydrogen-bond acceptors (Lipinski definition) is 4. The van der Waals surface area contributed by atoms with Crippen LogP contribution in [0.1, 0.15) is 97.3 Å². The lowest BCUT2D eigenvalue weighted by Gasteiger charge is -2.36. The normalized spacial score (nSPS) is 17.2. The fraction of sp³-hybridized carbons (Fsp3) is 0.214. The molecule has 3 aliphatic rings. The third-order valence-corrected chi connectivity index (χ3v) is 13.7. The molecule has 1 fully saturated rings. The topological polar surface area (TPSA) is 49.9 Å². The third-order valence-electron chi connectivity index (χ3n) is 13.7. The van der Waals surface area contributed by atoms with Crippen LogP contribution in [-0.4, -0.2) is 11.7 Å². The van der Waals surface area contributed by atoms with E-state index in [0.29, 0.717) is 0 Å². The zero-order valence-corrected chi connectivity index (χ0v) is 34.4. The second-order valence-electron chi connectivity index (χ2n) is 17.2. The summed E-state index contributed by atoms with van der Waals surface area (Å²) in [5.41, 5.74) is 17.6. The smallest absolute Gasteiger partial charge is 0.159 e. The van der Waals surface area contributed by atoms with Crippen molar-refractivity contribution in [1.82, 2.24) is 5.32 Å². The summed E-state index contributed by atoms with van der Waals surface area (Å²) in [5.74, 6) is 1.91. The lowest BCUT2D eigenvalue weighted by molar-refractivity contribution is 0.353. The van der Waals surface area contributed by atoms with Gasteiger partial charge in [0.25, 0.3) is 0 Å². The fourth-order valence-corrected chi connectivity index (χ4v) is 10.7. The minimum atomic E-state index is -0.257. The molecule has 2 heterocycles. The van der Waals surface area contributed by atoms with Crippen LogP contribution in [0.3, 0.4) is 0 Å². The number of hydrogen-bond donors (Lipinski definition) is 1. The minimum Gasteiger partial charge on any atom is -0.456 e. The first-order valence-electron chi connectivity index (χ1n) is 21.9. The predicted molar refractivity (Wildman–Crippen MR) is 249 cm³/mol. The Morgan fingerprint density at radius 2 is 1.35 bits per heavy atom. The minimum absolute atomic E-state index is 0.152. The Bertz CT molecular complexity index is 2970. The molecule has 1 N–H and O–H groups in total. The van der Waals surface area contributed by atoms with Gasteiger partial charge in [-0.05, 0) is 124 Å². The Morgan fingerprint density at radius 3 is 2.17 bits per heavy atom. The molecule has 1 saturated carbocycles. The summed E-state index contributed by atoms with van der Waals surface area (Å²) < 4.78 is 6.48. The van der Waals surface area contributed by atoms with Crippen LogP contribution in [0.2, 0.25) is 0 Å². The molecule has 4 heteroatoms. The molecule has 2 aliphatic carbocycles. The van der Waals surface area contributed by atoms with Gasteiger partial charge in [-0.25, -0.2) is 9.98 Å². The monoisotopic (exact) mass is 779 g/mol. The van der Waals surface area contributed by atoms with Crippen molar-refractivity contribution >= 4 is 33.6 Å². The van der Waals surface area contributed by atoms with E-state index >= 15 is 0 Å². The standard InChI is InChI=1S/C56H49N3O/c1-3-37(42-21-11-12-22-43(42)46-35-47-44-23-13-14-24-49(44)56(29-15-6-16-30-56)50(47)31-36(46)2)34-53-57-54(39-19-9-5-10-20-39)59-55(58-53)41-25-27-45-48-32-40(38-17-7-4-8-18-38)26-28-51(48)60-52(45)33-41/h4-5,7-14,17-28,31-33,35,37,54H,3,6,15-16,29-30,34H2,1-2H3,(H,57,58,59). The summed E-state index contributed by atoms with van der Waals surface area (Å²) in [6.45, 7) is 4.64. The van der Waals surface area contributed by atoms with E-state index in [-0.39, 0.29) is 17.5 Å². The summed E-state index contributed by atoms with van der Waals surface area (Å²) in [6.07, 6.45) is 7.92. The maximum Gasteiger partial charge on any atom is 0.159 e. The van der Waals surface area contributed by atoms with Gasteiger partial charge in [-0.1, -0.05) is 154 Å². The maximum atomic E-state index is 6.48. The van der Waals surface area contributed by atoms with Gasteiger partial charge in [0, 0.05) is 28.2 Å². The van der Waals surface area contributed by atoms with Gasteiger partial charge in [0.15, 0.2) is 5.84 Å². The highest BCUT2D eigenvalue weighted by Gasteiger charge is 2.44. The molecule has 0 amide bonds. The second-order valence-corrected chi connectivity index (χ2v) is 17.2. The highest BCUT2D eigenvalue weighted by Crippen LogP contribution is 2.57. The van der Waals surface area contributed by atoms with Crippen LogP contribution < -0.4 is 5.32 Å². The highest BCUT2D eigenvalue weighted by atomic mass is 16.3. The van der Waals surface area contributed by atoms with E-state index < -0.39 is 0 Å². The van der Waals surface area contributed by atoms with Crippen LogP contribution >= 0.6 is 0 Å². The molecule has 4 nitrogen and oxygen atoms in total. The van der Waals surface area contributed by atoms with Crippen LogP contribution in [0.4, 0.5) is 0 Å². The van der Waals surface area contributed by atoms with Crippen molar-refractivity contribution in [2.75, 3.05) is 0 Å². The van der Waals surface area contributed by atoms with E-state index in [1.807, 2.05) is 0 Å². The van der Waals surface area contributed by atoms with Gasteiger partial charge in [0.05, 0.1) is 0 Å². The molecule has 294 valence electrons. The Labute approximate surface area is 352 Å². The van der Waals surface area contributed by atoms with Crippen molar-refractivity contribution in [3.05, 3.63) is 191 Å². The Kier molecular flexibility index (Phi) is 9.10. The fourth-order valence-electron chi connectivity index (χ4n) is 10.7. The number of nitrogens with one attached hydrogen (secondary N) is 1. The van der Waals surface area contributed by atoms with Crippen LogP contribution in [-0.2, 0) is 5.41 Å². The first kappa shape index (κ1) is 36.6. The van der Waals surface area contributed by atoms with E-state index in [1.54, 1.807) is 11.1 Å². The number of nitrogens with zero attached hydrogens (tertiary/aromatic N) is 2. The number of furan rings is 1. The Morgan fingerprint density at radius 1 is 0.617 bits per heavy atom. The van der Waals surface area contributed by atoms with Gasteiger partial charge in [-0.15, -0.1) is 0 Å². The van der Waals surface area contributed by atoms with Crippen LogP contribution in [0, 0.1) is 6.92 Å². The van der Waals surface area contributed by atoms with Crippen LogP contribution in [0.15, 0.2) is 172 Å². The average Bonchev–Trinajstić information content (AvgIpc) is 3.80. The molecule has 1 aliphatic heterocycles. The number of fused-ring (bicyclic) bond motifs is 8. The van der Waals surface area contributed by atoms with Gasteiger partial charge >= 0.3 is 0 Å². The predicted octanol–water partition coefficient (Wildman–Crippen LogP) is 14.5. The van der Waals surface area contributed by atoms with Crippen molar-refractivity contribution in [2.45, 2.75) is 76.3 Å². The molecule has 0 bridgehead atoms. The highest BCUT2D eigenvalue weighted by molar-refractivity contribution is 6.12. The zero-order chi connectivity index (χ0) is 40.2. The van der Waals surface area contributed by atoms with E-state index in [4.69, 9.17) is 14.4 Å². The SMILES string of the molecule is CCC(CC1=NC(c2ccc3c(c2)oc2ccc(-c4ccccc4)cc23)=NC(c2ccccc2)N1)c1ccccc1-c1cc2c(cc1C)C1(CCCCC1)c1ccccc1-2. The van der Waals surface area contributed by atoms with E-state index in [2.05, 4.69) is 177 Å². The average molecular weight is 780 g/mol. The molecular weight excluding hydrogens is 731 g/mol. The van der Waals surface area contributed by atoms with E-state index in [9.17, 15) is 0 Å². The zero-order valence-electron chi connectivity index (χ0n) is 34.4. The number of benzene rings is 7. The molecule has 60 heavy (non-hydrogen) atoms. The largest absolute Gasteiger partial charge is 0.456 e. The summed E-state index contributed by atoms with van der Waals surface area (Å²) in [6, 6.07) is 57.3. The third kappa shape index (κ3) is 6.20. The summed E-state index contributed by atoms with van der Waals surface area (Å²) in [7, 11) is 0. The number of aliphatic imine (C=N–C) groups is 2.